The van der Waals surface area contributed by atoms with Gasteiger partial charge in [0, 0.05) is 18.4 Å². The molecular weight excluding hydrogens is 272 g/mol. The Morgan fingerprint density at radius 3 is 3.10 bits per heavy atom. The van der Waals surface area contributed by atoms with Crippen molar-refractivity contribution in [3.63, 3.8) is 0 Å². The highest BCUT2D eigenvalue weighted by molar-refractivity contribution is 7.17. The van der Waals surface area contributed by atoms with E-state index in [0.717, 1.165) is 23.4 Å². The third-order valence-electron chi connectivity index (χ3n) is 2.97. The molecule has 3 rings (SSSR count). The lowest BCUT2D eigenvalue weighted by molar-refractivity contribution is 0.731. The van der Waals surface area contributed by atoms with Gasteiger partial charge in [-0.3, -0.25) is 14.3 Å². The maximum absolute atomic E-state index is 12.3. The number of nitrogens with one attached hydrogen (secondary N) is 1. The number of rotatable bonds is 4. The molecule has 0 saturated carbocycles. The van der Waals surface area contributed by atoms with Crippen molar-refractivity contribution in [1.29, 1.82) is 0 Å². The zero-order valence-electron chi connectivity index (χ0n) is 11.0. The van der Waals surface area contributed by atoms with Gasteiger partial charge in [0.1, 0.15) is 4.70 Å². The lowest BCUT2D eigenvalue weighted by Gasteiger charge is -2.07. The van der Waals surface area contributed by atoms with Gasteiger partial charge < -0.3 is 5.32 Å². The predicted octanol–water partition coefficient (Wildman–Crippen LogP) is 2.33. The normalized spacial score (nSPS) is 10.8. The Kier molecular flexibility index (Phi) is 3.47. The summed E-state index contributed by atoms with van der Waals surface area (Å²) in [5, 5.41) is 5.12. The van der Waals surface area contributed by atoms with Crippen LogP contribution in [0.4, 0.5) is 5.69 Å². The molecule has 0 atom stereocenters. The van der Waals surface area contributed by atoms with Gasteiger partial charge in [-0.15, -0.1) is 11.3 Å². The number of fused-ring (bicyclic) bond motifs is 1. The van der Waals surface area contributed by atoms with Crippen LogP contribution in [0.15, 0.2) is 40.9 Å². The molecule has 3 heterocycles. The van der Waals surface area contributed by atoms with Crippen LogP contribution in [0.3, 0.4) is 0 Å². The van der Waals surface area contributed by atoms with Crippen LogP contribution in [0.1, 0.15) is 12.6 Å². The smallest absolute Gasteiger partial charge is 0.271 e. The standard InChI is InChI=1S/C14H14N4OS/c1-2-15-10-3-5-16-11(7-10)8-18-9-17-12-4-6-20-13(12)14(18)19/h3-7,9H,2,8H2,1H3,(H,15,16). The minimum absolute atomic E-state index is 0.0133. The molecule has 6 heteroatoms. The molecule has 5 nitrogen and oxygen atoms in total. The van der Waals surface area contributed by atoms with Crippen LogP contribution in [0.25, 0.3) is 10.2 Å². The van der Waals surface area contributed by atoms with Gasteiger partial charge in [-0.1, -0.05) is 0 Å². The van der Waals surface area contributed by atoms with Gasteiger partial charge in [-0.05, 0) is 30.5 Å². The molecule has 0 aliphatic carbocycles. The highest BCUT2D eigenvalue weighted by Gasteiger charge is 2.06. The molecule has 0 amide bonds. The summed E-state index contributed by atoms with van der Waals surface area (Å²) in [7, 11) is 0. The second kappa shape index (κ2) is 5.42. The van der Waals surface area contributed by atoms with E-state index in [1.165, 1.54) is 11.3 Å². The first-order chi connectivity index (χ1) is 9.78. The Bertz CT molecular complexity index is 793. The van der Waals surface area contributed by atoms with Crippen LogP contribution in [-0.2, 0) is 6.54 Å². The van der Waals surface area contributed by atoms with E-state index >= 15 is 0 Å². The van der Waals surface area contributed by atoms with Crippen molar-refractivity contribution in [3.8, 4) is 0 Å². The van der Waals surface area contributed by atoms with Gasteiger partial charge in [-0.25, -0.2) is 4.98 Å². The number of nitrogens with zero attached hydrogens (tertiary/aromatic N) is 3. The largest absolute Gasteiger partial charge is 0.385 e. The fourth-order valence-corrected chi connectivity index (χ4v) is 2.84. The number of hydrogen-bond donors (Lipinski definition) is 1. The summed E-state index contributed by atoms with van der Waals surface area (Å²) >= 11 is 1.42. The summed E-state index contributed by atoms with van der Waals surface area (Å²) in [6.07, 6.45) is 3.33. The molecule has 102 valence electrons. The summed E-state index contributed by atoms with van der Waals surface area (Å²) in [5.74, 6) is 0. The number of thiophene rings is 1. The minimum Gasteiger partial charge on any atom is -0.385 e. The van der Waals surface area contributed by atoms with Gasteiger partial charge in [0.15, 0.2) is 0 Å². The Balaban J connectivity index is 1.94. The maximum Gasteiger partial charge on any atom is 0.271 e. The molecule has 0 aliphatic rings. The van der Waals surface area contributed by atoms with E-state index < -0.39 is 0 Å². The Labute approximate surface area is 119 Å². The van der Waals surface area contributed by atoms with E-state index in [-0.39, 0.29) is 5.56 Å². The summed E-state index contributed by atoms with van der Waals surface area (Å²) in [5.41, 5.74) is 2.59. The first-order valence-electron chi connectivity index (χ1n) is 6.39. The van der Waals surface area contributed by atoms with Crippen LogP contribution in [-0.4, -0.2) is 21.1 Å². The number of aromatic nitrogens is 3. The maximum atomic E-state index is 12.3. The van der Waals surface area contributed by atoms with E-state index in [2.05, 4.69) is 15.3 Å². The van der Waals surface area contributed by atoms with Crippen LogP contribution >= 0.6 is 11.3 Å². The zero-order chi connectivity index (χ0) is 13.9. The van der Waals surface area contributed by atoms with Crippen molar-refractivity contribution in [2.45, 2.75) is 13.5 Å². The van der Waals surface area contributed by atoms with Crippen LogP contribution < -0.4 is 10.9 Å². The summed E-state index contributed by atoms with van der Waals surface area (Å²) in [4.78, 5) is 20.9. The van der Waals surface area contributed by atoms with E-state index in [0.29, 0.717) is 11.2 Å². The molecule has 0 radical (unpaired) electrons. The molecule has 0 fully saturated rings. The van der Waals surface area contributed by atoms with Crippen molar-refractivity contribution < 1.29 is 0 Å². The quantitative estimate of drug-likeness (QED) is 0.799. The van der Waals surface area contributed by atoms with Crippen molar-refractivity contribution in [2.75, 3.05) is 11.9 Å². The van der Waals surface area contributed by atoms with E-state index in [1.54, 1.807) is 17.1 Å². The minimum atomic E-state index is -0.0133. The van der Waals surface area contributed by atoms with Gasteiger partial charge >= 0.3 is 0 Å². The van der Waals surface area contributed by atoms with Crippen molar-refractivity contribution in [3.05, 3.63) is 52.2 Å². The van der Waals surface area contributed by atoms with Crippen LogP contribution in [0.5, 0.6) is 0 Å². The summed E-state index contributed by atoms with van der Waals surface area (Å²) < 4.78 is 2.28. The third kappa shape index (κ3) is 2.42. The zero-order valence-corrected chi connectivity index (χ0v) is 11.9. The number of anilines is 1. The lowest BCUT2D eigenvalue weighted by atomic mass is 10.3. The van der Waals surface area contributed by atoms with Gasteiger partial charge in [-0.2, -0.15) is 0 Å². The average Bonchev–Trinajstić information content (AvgIpc) is 2.92. The highest BCUT2D eigenvalue weighted by Crippen LogP contribution is 2.14. The molecule has 1 N–H and O–H groups in total. The number of hydrogen-bond acceptors (Lipinski definition) is 5. The van der Waals surface area contributed by atoms with Gasteiger partial charge in [0.25, 0.3) is 5.56 Å². The van der Waals surface area contributed by atoms with E-state index in [4.69, 9.17) is 0 Å². The Hall–Kier alpha value is -2.21. The van der Waals surface area contributed by atoms with Gasteiger partial charge in [0.05, 0.1) is 24.1 Å². The van der Waals surface area contributed by atoms with Crippen molar-refractivity contribution in [2.24, 2.45) is 0 Å². The molecule has 3 aromatic rings. The molecule has 0 unspecified atom stereocenters. The van der Waals surface area contributed by atoms with Crippen molar-refractivity contribution >= 4 is 27.2 Å². The molecular formula is C14H14N4OS. The monoisotopic (exact) mass is 286 g/mol. The molecule has 0 aromatic carbocycles. The molecule has 0 saturated heterocycles. The molecule has 0 spiro atoms. The van der Waals surface area contributed by atoms with E-state index in [1.807, 2.05) is 30.5 Å². The highest BCUT2D eigenvalue weighted by atomic mass is 32.1. The summed E-state index contributed by atoms with van der Waals surface area (Å²) in [6.45, 7) is 3.32. The Morgan fingerprint density at radius 1 is 1.35 bits per heavy atom. The van der Waals surface area contributed by atoms with Gasteiger partial charge in [0.2, 0.25) is 0 Å². The average molecular weight is 286 g/mol. The molecule has 0 bridgehead atoms. The second-order valence-corrected chi connectivity index (χ2v) is 5.29. The molecule has 3 aromatic heterocycles. The molecule has 20 heavy (non-hydrogen) atoms. The predicted molar refractivity (Wildman–Crippen MR) is 81.4 cm³/mol. The van der Waals surface area contributed by atoms with Crippen LogP contribution in [0, 0.1) is 0 Å². The summed E-state index contributed by atoms with van der Waals surface area (Å²) in [6, 6.07) is 5.72. The third-order valence-corrected chi connectivity index (χ3v) is 3.86. The lowest BCUT2D eigenvalue weighted by Crippen LogP contribution is -2.20. The fraction of sp³-hybridized carbons (Fsp3) is 0.214. The second-order valence-electron chi connectivity index (χ2n) is 4.38. The van der Waals surface area contributed by atoms with E-state index in [9.17, 15) is 4.79 Å². The first-order valence-corrected chi connectivity index (χ1v) is 7.27. The SMILES string of the molecule is CCNc1ccnc(Cn2cnc3ccsc3c2=O)c1. The first kappa shape index (κ1) is 12.8. The van der Waals surface area contributed by atoms with Crippen LogP contribution in [0.2, 0.25) is 0 Å². The Morgan fingerprint density at radius 2 is 2.25 bits per heavy atom. The van der Waals surface area contributed by atoms with Crippen molar-refractivity contribution in [1.82, 2.24) is 14.5 Å². The molecule has 0 aliphatic heterocycles. The topological polar surface area (TPSA) is 59.8 Å². The fourth-order valence-electron chi connectivity index (χ4n) is 2.04. The number of pyridine rings is 1.